The van der Waals surface area contributed by atoms with Crippen LogP contribution in [0.1, 0.15) is 38.0 Å². The lowest BCUT2D eigenvalue weighted by atomic mass is 9.82. The van der Waals surface area contributed by atoms with Crippen molar-refractivity contribution in [3.05, 3.63) is 22.7 Å². The summed E-state index contributed by atoms with van der Waals surface area (Å²) in [6, 6.07) is 1.97. The fourth-order valence-electron chi connectivity index (χ4n) is 2.50. The fourth-order valence-corrected chi connectivity index (χ4v) is 3.14. The van der Waals surface area contributed by atoms with Crippen LogP contribution in [0.3, 0.4) is 0 Å². The Kier molecular flexibility index (Phi) is 3.18. The first kappa shape index (κ1) is 11.9. The number of hydrogen-bond donors (Lipinski definition) is 1. The summed E-state index contributed by atoms with van der Waals surface area (Å²) >= 11 is 1.61. The maximum Gasteiger partial charge on any atom is 0.229 e. The van der Waals surface area contributed by atoms with Crippen molar-refractivity contribution in [2.75, 3.05) is 0 Å². The largest absolute Gasteiger partial charge is 0.389 e. The fraction of sp³-hybridized carbons (Fsp3) is 0.538. The van der Waals surface area contributed by atoms with Crippen molar-refractivity contribution in [3.63, 3.8) is 0 Å². The molecule has 2 aromatic rings. The van der Waals surface area contributed by atoms with Crippen molar-refractivity contribution in [1.29, 1.82) is 0 Å². The van der Waals surface area contributed by atoms with E-state index in [4.69, 9.17) is 4.52 Å². The lowest BCUT2D eigenvalue weighted by Gasteiger charge is -2.30. The standard InChI is InChI=1S/C13H16N2O2S/c16-13(5-2-1-3-6-13)8-11-14-12(15-17-11)10-4-7-18-9-10/h4,7,9,16H,1-3,5-6,8H2. The number of rotatable bonds is 3. The maximum atomic E-state index is 10.4. The second-order valence-electron chi connectivity index (χ2n) is 4.99. The highest BCUT2D eigenvalue weighted by atomic mass is 32.1. The molecule has 1 aliphatic carbocycles. The first-order chi connectivity index (χ1) is 8.75. The number of nitrogens with zero attached hydrogens (tertiary/aromatic N) is 2. The predicted molar refractivity (Wildman–Crippen MR) is 69.3 cm³/mol. The highest BCUT2D eigenvalue weighted by molar-refractivity contribution is 7.08. The third kappa shape index (κ3) is 2.47. The summed E-state index contributed by atoms with van der Waals surface area (Å²) in [4.78, 5) is 4.36. The zero-order chi connectivity index (χ0) is 12.4. The summed E-state index contributed by atoms with van der Waals surface area (Å²) in [7, 11) is 0. The summed E-state index contributed by atoms with van der Waals surface area (Å²) in [6.45, 7) is 0. The van der Waals surface area contributed by atoms with Gasteiger partial charge in [-0.1, -0.05) is 24.4 Å². The number of aliphatic hydroxyl groups is 1. The van der Waals surface area contributed by atoms with Gasteiger partial charge in [0.2, 0.25) is 11.7 Å². The second kappa shape index (κ2) is 4.82. The molecule has 0 aromatic carbocycles. The van der Waals surface area contributed by atoms with Gasteiger partial charge in [0.15, 0.2) is 0 Å². The minimum absolute atomic E-state index is 0.476. The molecule has 96 valence electrons. The summed E-state index contributed by atoms with van der Waals surface area (Å²) in [5.41, 5.74) is 0.335. The predicted octanol–water partition coefficient (Wildman–Crippen LogP) is 3.04. The molecule has 0 atom stereocenters. The lowest BCUT2D eigenvalue weighted by molar-refractivity contribution is -0.00181. The maximum absolute atomic E-state index is 10.4. The lowest BCUT2D eigenvalue weighted by Crippen LogP contribution is -2.33. The molecule has 2 heterocycles. The van der Waals surface area contributed by atoms with E-state index in [2.05, 4.69) is 10.1 Å². The Morgan fingerprint density at radius 2 is 2.17 bits per heavy atom. The molecule has 1 aliphatic rings. The molecule has 0 bridgehead atoms. The van der Waals surface area contributed by atoms with Gasteiger partial charge in [-0.05, 0) is 24.3 Å². The molecule has 18 heavy (non-hydrogen) atoms. The molecule has 0 amide bonds. The molecule has 1 fully saturated rings. The Labute approximate surface area is 110 Å². The highest BCUT2D eigenvalue weighted by Gasteiger charge is 2.31. The average Bonchev–Trinajstić information content (AvgIpc) is 2.99. The number of thiophene rings is 1. The Morgan fingerprint density at radius 1 is 1.33 bits per heavy atom. The quantitative estimate of drug-likeness (QED) is 0.925. The number of aromatic nitrogens is 2. The molecule has 1 N–H and O–H groups in total. The first-order valence-electron chi connectivity index (χ1n) is 6.33. The Bertz CT molecular complexity index is 501. The van der Waals surface area contributed by atoms with Crippen LogP contribution in [0.5, 0.6) is 0 Å². The summed E-state index contributed by atoms with van der Waals surface area (Å²) in [6.07, 6.45) is 5.53. The van der Waals surface area contributed by atoms with Crippen LogP contribution in [0.25, 0.3) is 11.4 Å². The van der Waals surface area contributed by atoms with Crippen molar-refractivity contribution >= 4 is 11.3 Å². The molecule has 3 rings (SSSR count). The second-order valence-corrected chi connectivity index (χ2v) is 5.77. The van der Waals surface area contributed by atoms with Crippen molar-refractivity contribution in [2.45, 2.75) is 44.1 Å². The van der Waals surface area contributed by atoms with Gasteiger partial charge in [-0.15, -0.1) is 0 Å². The molecule has 0 saturated heterocycles. The van der Waals surface area contributed by atoms with Gasteiger partial charge in [-0.2, -0.15) is 16.3 Å². The molecule has 0 unspecified atom stereocenters. The van der Waals surface area contributed by atoms with Crippen LogP contribution in [-0.2, 0) is 6.42 Å². The van der Waals surface area contributed by atoms with Crippen molar-refractivity contribution < 1.29 is 9.63 Å². The van der Waals surface area contributed by atoms with Gasteiger partial charge < -0.3 is 9.63 Å². The van der Waals surface area contributed by atoms with E-state index < -0.39 is 5.60 Å². The van der Waals surface area contributed by atoms with E-state index in [1.54, 1.807) is 11.3 Å². The summed E-state index contributed by atoms with van der Waals surface area (Å²) in [5, 5.41) is 18.4. The van der Waals surface area contributed by atoms with Gasteiger partial charge in [0.25, 0.3) is 0 Å². The van der Waals surface area contributed by atoms with Crippen molar-refractivity contribution in [1.82, 2.24) is 10.1 Å². The SMILES string of the molecule is OC1(Cc2nc(-c3ccsc3)no2)CCCCC1. The molecule has 0 radical (unpaired) electrons. The zero-order valence-electron chi connectivity index (χ0n) is 10.1. The molecular weight excluding hydrogens is 248 g/mol. The first-order valence-corrected chi connectivity index (χ1v) is 7.27. The van der Waals surface area contributed by atoms with Crippen LogP contribution in [0, 0.1) is 0 Å². The van der Waals surface area contributed by atoms with Crippen molar-refractivity contribution in [3.8, 4) is 11.4 Å². The Balaban J connectivity index is 1.73. The molecule has 0 spiro atoms. The highest BCUT2D eigenvalue weighted by Crippen LogP contribution is 2.31. The molecular formula is C13H16N2O2S. The minimum Gasteiger partial charge on any atom is -0.389 e. The van der Waals surface area contributed by atoms with Crippen LogP contribution in [0.2, 0.25) is 0 Å². The monoisotopic (exact) mass is 264 g/mol. The van der Waals surface area contributed by atoms with Gasteiger partial charge in [-0.3, -0.25) is 0 Å². The number of hydrogen-bond acceptors (Lipinski definition) is 5. The van der Waals surface area contributed by atoms with Crippen molar-refractivity contribution in [2.24, 2.45) is 0 Å². The average molecular weight is 264 g/mol. The van der Waals surface area contributed by atoms with E-state index in [1.165, 1.54) is 6.42 Å². The van der Waals surface area contributed by atoms with Crippen LogP contribution in [0.15, 0.2) is 21.3 Å². The van der Waals surface area contributed by atoms with E-state index >= 15 is 0 Å². The van der Waals surface area contributed by atoms with Crippen LogP contribution < -0.4 is 0 Å². The Hall–Kier alpha value is -1.20. The van der Waals surface area contributed by atoms with E-state index in [0.29, 0.717) is 18.1 Å². The van der Waals surface area contributed by atoms with Gasteiger partial charge >= 0.3 is 0 Å². The normalized spacial score (nSPS) is 18.9. The van der Waals surface area contributed by atoms with Gasteiger partial charge in [0, 0.05) is 10.9 Å². The molecule has 0 aliphatic heterocycles. The molecule has 5 heteroatoms. The van der Waals surface area contributed by atoms with E-state index in [0.717, 1.165) is 31.2 Å². The van der Waals surface area contributed by atoms with Gasteiger partial charge in [0.05, 0.1) is 12.0 Å². The molecule has 4 nitrogen and oxygen atoms in total. The Morgan fingerprint density at radius 3 is 2.89 bits per heavy atom. The van der Waals surface area contributed by atoms with Crippen LogP contribution >= 0.6 is 11.3 Å². The van der Waals surface area contributed by atoms with E-state index in [9.17, 15) is 5.11 Å². The van der Waals surface area contributed by atoms with E-state index in [1.807, 2.05) is 16.8 Å². The van der Waals surface area contributed by atoms with Gasteiger partial charge in [-0.25, -0.2) is 0 Å². The summed E-state index contributed by atoms with van der Waals surface area (Å²) < 4.78 is 5.24. The smallest absolute Gasteiger partial charge is 0.229 e. The zero-order valence-corrected chi connectivity index (χ0v) is 10.9. The topological polar surface area (TPSA) is 59.2 Å². The molecule has 2 aromatic heterocycles. The minimum atomic E-state index is -0.642. The third-order valence-corrected chi connectivity index (χ3v) is 4.20. The molecule has 1 saturated carbocycles. The van der Waals surface area contributed by atoms with Gasteiger partial charge in [0.1, 0.15) is 0 Å². The van der Waals surface area contributed by atoms with Crippen LogP contribution in [-0.4, -0.2) is 20.8 Å². The summed E-state index contributed by atoms with van der Waals surface area (Å²) in [5.74, 6) is 1.16. The van der Waals surface area contributed by atoms with E-state index in [-0.39, 0.29) is 0 Å². The third-order valence-electron chi connectivity index (χ3n) is 3.51. The van der Waals surface area contributed by atoms with Crippen LogP contribution in [0.4, 0.5) is 0 Å².